The van der Waals surface area contributed by atoms with Gasteiger partial charge in [-0.25, -0.2) is 0 Å². The Labute approximate surface area is 142 Å². The number of amides is 1. The first-order chi connectivity index (χ1) is 11.6. The van der Waals surface area contributed by atoms with Crippen molar-refractivity contribution in [1.82, 2.24) is 20.4 Å². The lowest BCUT2D eigenvalue weighted by Gasteiger charge is -2.32. The van der Waals surface area contributed by atoms with Gasteiger partial charge in [0.05, 0.1) is 0 Å². The van der Waals surface area contributed by atoms with Crippen LogP contribution in [0.5, 0.6) is 0 Å². The van der Waals surface area contributed by atoms with Crippen LogP contribution in [0.4, 0.5) is 0 Å². The number of hydrogen-bond donors (Lipinski definition) is 1. The van der Waals surface area contributed by atoms with Crippen molar-refractivity contribution < 1.29 is 9.32 Å². The van der Waals surface area contributed by atoms with Crippen molar-refractivity contribution in [2.75, 3.05) is 13.1 Å². The Balaban J connectivity index is 1.55. The zero-order valence-electron chi connectivity index (χ0n) is 14.2. The van der Waals surface area contributed by atoms with E-state index < -0.39 is 0 Å². The molecule has 0 aliphatic carbocycles. The number of piperidine rings is 1. The second-order valence-corrected chi connectivity index (χ2v) is 6.68. The van der Waals surface area contributed by atoms with Gasteiger partial charge in [0.1, 0.15) is 5.76 Å². The van der Waals surface area contributed by atoms with Gasteiger partial charge in [-0.05, 0) is 31.0 Å². The maximum Gasteiger partial charge on any atom is 0.273 e. The summed E-state index contributed by atoms with van der Waals surface area (Å²) in [5.41, 5.74) is 1.56. The van der Waals surface area contributed by atoms with E-state index in [1.165, 1.54) is 5.56 Å². The first-order valence-electron chi connectivity index (χ1n) is 8.50. The molecule has 3 heterocycles. The largest absolute Gasteiger partial charge is 0.360 e. The molecular formula is C18H24N4O2. The van der Waals surface area contributed by atoms with Gasteiger partial charge >= 0.3 is 0 Å². The lowest BCUT2D eigenvalue weighted by atomic mass is 10.0. The highest BCUT2D eigenvalue weighted by Gasteiger charge is 2.23. The minimum atomic E-state index is -0.154. The fourth-order valence-corrected chi connectivity index (χ4v) is 2.99. The Morgan fingerprint density at radius 1 is 1.50 bits per heavy atom. The third-order valence-corrected chi connectivity index (χ3v) is 4.30. The summed E-state index contributed by atoms with van der Waals surface area (Å²) in [4.78, 5) is 18.9. The molecule has 1 aliphatic rings. The molecule has 2 aromatic rings. The zero-order chi connectivity index (χ0) is 16.9. The van der Waals surface area contributed by atoms with Gasteiger partial charge < -0.3 is 9.84 Å². The smallest absolute Gasteiger partial charge is 0.273 e. The zero-order valence-corrected chi connectivity index (χ0v) is 14.2. The monoisotopic (exact) mass is 328 g/mol. The molecule has 2 aromatic heterocycles. The minimum Gasteiger partial charge on any atom is -0.360 e. The molecule has 24 heavy (non-hydrogen) atoms. The van der Waals surface area contributed by atoms with Gasteiger partial charge in [-0.3, -0.25) is 14.7 Å². The molecule has 1 saturated heterocycles. The lowest BCUT2D eigenvalue weighted by molar-refractivity contribution is 0.0891. The molecule has 1 amide bonds. The van der Waals surface area contributed by atoms with Crippen LogP contribution in [-0.2, 0) is 6.54 Å². The average molecular weight is 328 g/mol. The number of nitrogens with one attached hydrogen (secondary N) is 1. The Bertz CT molecular complexity index is 669. The number of hydrogen-bond acceptors (Lipinski definition) is 5. The van der Waals surface area contributed by atoms with Crippen molar-refractivity contribution in [3.05, 3.63) is 47.6 Å². The summed E-state index contributed by atoms with van der Waals surface area (Å²) in [6.07, 6.45) is 5.74. The number of carbonyl (C=O) groups is 1. The standard InChI is InChI=1S/C18H24N4O2/c1-13(2)17-9-16(21-24-17)18(23)20-15-6-4-8-22(12-15)11-14-5-3-7-19-10-14/h3,5,7,9-10,13,15H,4,6,8,11-12H2,1-2H3,(H,20,23). The molecule has 0 aromatic carbocycles. The molecule has 6 nitrogen and oxygen atoms in total. The van der Waals surface area contributed by atoms with Gasteiger partial charge in [0.15, 0.2) is 5.69 Å². The maximum absolute atomic E-state index is 12.4. The van der Waals surface area contributed by atoms with E-state index in [9.17, 15) is 4.79 Å². The number of carbonyl (C=O) groups excluding carboxylic acids is 1. The van der Waals surface area contributed by atoms with E-state index in [-0.39, 0.29) is 17.9 Å². The van der Waals surface area contributed by atoms with E-state index in [0.717, 1.165) is 38.2 Å². The third kappa shape index (κ3) is 4.20. The molecule has 6 heteroatoms. The molecule has 0 spiro atoms. The predicted octanol–water partition coefficient (Wildman–Crippen LogP) is 2.59. The third-order valence-electron chi connectivity index (χ3n) is 4.30. The average Bonchev–Trinajstić information content (AvgIpc) is 3.06. The van der Waals surface area contributed by atoms with Crippen molar-refractivity contribution in [3.63, 3.8) is 0 Å². The van der Waals surface area contributed by atoms with E-state index in [1.54, 1.807) is 12.3 Å². The number of pyridine rings is 1. The van der Waals surface area contributed by atoms with Crippen molar-refractivity contribution in [3.8, 4) is 0 Å². The highest BCUT2D eigenvalue weighted by atomic mass is 16.5. The molecule has 1 N–H and O–H groups in total. The topological polar surface area (TPSA) is 71.3 Å². The quantitative estimate of drug-likeness (QED) is 0.913. The Morgan fingerprint density at radius 3 is 3.08 bits per heavy atom. The van der Waals surface area contributed by atoms with Crippen molar-refractivity contribution in [1.29, 1.82) is 0 Å². The van der Waals surface area contributed by atoms with Crippen LogP contribution < -0.4 is 5.32 Å². The van der Waals surface area contributed by atoms with Gasteiger partial charge in [0, 0.05) is 43.5 Å². The van der Waals surface area contributed by atoms with E-state index >= 15 is 0 Å². The van der Waals surface area contributed by atoms with Crippen LogP contribution in [0, 0.1) is 0 Å². The minimum absolute atomic E-state index is 0.141. The van der Waals surface area contributed by atoms with Gasteiger partial charge in [0.25, 0.3) is 5.91 Å². The van der Waals surface area contributed by atoms with Crippen LogP contribution in [-0.4, -0.2) is 40.1 Å². The second kappa shape index (κ2) is 7.57. The van der Waals surface area contributed by atoms with Gasteiger partial charge in [0.2, 0.25) is 0 Å². The van der Waals surface area contributed by atoms with Gasteiger partial charge in [-0.2, -0.15) is 0 Å². The molecule has 1 atom stereocenters. The normalized spacial score (nSPS) is 18.7. The summed E-state index contributed by atoms with van der Waals surface area (Å²) in [6.45, 7) is 6.78. The SMILES string of the molecule is CC(C)c1cc(C(=O)NC2CCCN(Cc3cccnc3)C2)no1. The van der Waals surface area contributed by atoms with E-state index in [0.29, 0.717) is 5.69 Å². The van der Waals surface area contributed by atoms with Crippen LogP contribution in [0.25, 0.3) is 0 Å². The summed E-state index contributed by atoms with van der Waals surface area (Å²) < 4.78 is 5.21. The summed E-state index contributed by atoms with van der Waals surface area (Å²) in [5, 5.41) is 6.97. The van der Waals surface area contributed by atoms with Gasteiger partial charge in [-0.15, -0.1) is 0 Å². The number of rotatable bonds is 5. The van der Waals surface area contributed by atoms with E-state index in [1.807, 2.05) is 26.1 Å². The first-order valence-corrected chi connectivity index (χ1v) is 8.50. The van der Waals surface area contributed by atoms with Crippen LogP contribution in [0.2, 0.25) is 0 Å². The molecule has 3 rings (SSSR count). The van der Waals surface area contributed by atoms with Crippen molar-refractivity contribution >= 4 is 5.91 Å². The first kappa shape index (κ1) is 16.6. The molecule has 0 saturated carbocycles. The maximum atomic E-state index is 12.4. The van der Waals surface area contributed by atoms with Crippen molar-refractivity contribution in [2.45, 2.75) is 45.2 Å². The summed E-state index contributed by atoms with van der Waals surface area (Å²) >= 11 is 0. The number of aromatic nitrogens is 2. The molecule has 0 radical (unpaired) electrons. The highest BCUT2D eigenvalue weighted by Crippen LogP contribution is 2.16. The molecule has 1 unspecified atom stereocenters. The molecule has 128 valence electrons. The fourth-order valence-electron chi connectivity index (χ4n) is 2.99. The molecule has 0 bridgehead atoms. The summed E-state index contributed by atoms with van der Waals surface area (Å²) in [7, 11) is 0. The molecular weight excluding hydrogens is 304 g/mol. The van der Waals surface area contributed by atoms with Crippen molar-refractivity contribution in [2.24, 2.45) is 0 Å². The number of nitrogens with zero attached hydrogens (tertiary/aromatic N) is 3. The molecule has 1 fully saturated rings. The second-order valence-electron chi connectivity index (χ2n) is 6.68. The fraction of sp³-hybridized carbons (Fsp3) is 0.500. The van der Waals surface area contributed by atoms with E-state index in [4.69, 9.17) is 4.52 Å². The number of likely N-dealkylation sites (tertiary alicyclic amines) is 1. The Kier molecular flexibility index (Phi) is 5.25. The summed E-state index contributed by atoms with van der Waals surface area (Å²) in [6, 6.07) is 5.91. The lowest BCUT2D eigenvalue weighted by Crippen LogP contribution is -2.47. The summed E-state index contributed by atoms with van der Waals surface area (Å²) in [5.74, 6) is 0.810. The van der Waals surface area contributed by atoms with Crippen LogP contribution in [0.15, 0.2) is 35.1 Å². The van der Waals surface area contributed by atoms with Crippen LogP contribution in [0.3, 0.4) is 0 Å². The Hall–Kier alpha value is -2.21. The van der Waals surface area contributed by atoms with Crippen LogP contribution >= 0.6 is 0 Å². The van der Waals surface area contributed by atoms with Gasteiger partial charge in [-0.1, -0.05) is 25.1 Å². The highest BCUT2D eigenvalue weighted by molar-refractivity contribution is 5.92. The predicted molar refractivity (Wildman–Crippen MR) is 90.6 cm³/mol. The Morgan fingerprint density at radius 2 is 2.38 bits per heavy atom. The van der Waals surface area contributed by atoms with Crippen LogP contribution in [0.1, 0.15) is 54.4 Å². The molecule has 1 aliphatic heterocycles. The van der Waals surface area contributed by atoms with E-state index in [2.05, 4.69) is 26.4 Å².